The third-order valence-corrected chi connectivity index (χ3v) is 5.58. The minimum Gasteiger partial charge on any atom is -0.272 e. The van der Waals surface area contributed by atoms with E-state index >= 15 is 0 Å². The highest BCUT2D eigenvalue weighted by atomic mass is 35.5. The number of benzene rings is 1. The molecule has 1 aliphatic heterocycles. The predicted molar refractivity (Wildman–Crippen MR) is 89.4 cm³/mol. The fourth-order valence-electron chi connectivity index (χ4n) is 2.26. The molecule has 1 heterocycles. The van der Waals surface area contributed by atoms with Gasteiger partial charge in [-0.25, -0.2) is 22.4 Å². The second kappa shape index (κ2) is 7.07. The van der Waals surface area contributed by atoms with Crippen LogP contribution in [-0.4, -0.2) is 37.0 Å². The van der Waals surface area contributed by atoms with Crippen LogP contribution >= 0.6 is 23.2 Å². The molecule has 0 saturated carbocycles. The van der Waals surface area contributed by atoms with Crippen LogP contribution in [-0.2, 0) is 14.8 Å². The van der Waals surface area contributed by atoms with E-state index in [1.54, 1.807) is 0 Å². The number of amides is 3. The van der Waals surface area contributed by atoms with Gasteiger partial charge in [-0.15, -0.1) is 0 Å². The quantitative estimate of drug-likeness (QED) is 0.562. The van der Waals surface area contributed by atoms with Crippen molar-refractivity contribution < 1.29 is 18.0 Å². The number of halogens is 2. The molecule has 126 valence electrons. The van der Waals surface area contributed by atoms with E-state index in [1.165, 1.54) is 18.2 Å². The average molecular weight is 379 g/mol. The van der Waals surface area contributed by atoms with Crippen molar-refractivity contribution in [2.24, 2.45) is 0 Å². The number of anilines is 1. The number of unbranched alkanes of at least 4 members (excludes halogenated alkanes) is 2. The summed E-state index contributed by atoms with van der Waals surface area (Å²) >= 11 is 11.7. The van der Waals surface area contributed by atoms with Crippen molar-refractivity contribution in [3.8, 4) is 0 Å². The van der Waals surface area contributed by atoms with Gasteiger partial charge in [0.1, 0.15) is 6.54 Å². The smallest absolute Gasteiger partial charge is 0.272 e. The summed E-state index contributed by atoms with van der Waals surface area (Å²) in [6, 6.07) is 3.33. The molecule has 0 aromatic heterocycles. The van der Waals surface area contributed by atoms with Gasteiger partial charge in [0.15, 0.2) is 0 Å². The van der Waals surface area contributed by atoms with Crippen LogP contribution < -0.4 is 4.90 Å². The van der Waals surface area contributed by atoms with E-state index in [2.05, 4.69) is 0 Å². The number of carbonyl (C=O) groups excluding carboxylic acids is 2. The third kappa shape index (κ3) is 3.97. The molecular weight excluding hydrogens is 363 g/mol. The van der Waals surface area contributed by atoms with E-state index in [9.17, 15) is 18.0 Å². The number of hydrogen-bond donors (Lipinski definition) is 0. The molecule has 6 nitrogen and oxygen atoms in total. The number of carbonyl (C=O) groups is 2. The average Bonchev–Trinajstić information content (AvgIpc) is 2.74. The monoisotopic (exact) mass is 378 g/mol. The maximum atomic E-state index is 12.4. The molecule has 23 heavy (non-hydrogen) atoms. The number of sulfonamides is 1. The molecule has 1 fully saturated rings. The zero-order valence-corrected chi connectivity index (χ0v) is 14.8. The number of rotatable bonds is 6. The first-order valence-electron chi connectivity index (χ1n) is 7.09. The Morgan fingerprint density at radius 3 is 2.26 bits per heavy atom. The number of urea groups is 1. The lowest BCUT2D eigenvalue weighted by atomic mass is 10.3. The van der Waals surface area contributed by atoms with Crippen molar-refractivity contribution in [1.82, 2.24) is 4.31 Å². The molecule has 9 heteroatoms. The number of imide groups is 1. The molecule has 2 rings (SSSR count). The number of nitrogens with zero attached hydrogens (tertiary/aromatic N) is 2. The van der Waals surface area contributed by atoms with Gasteiger partial charge in [-0.05, 0) is 24.6 Å². The van der Waals surface area contributed by atoms with Gasteiger partial charge in [0.2, 0.25) is 10.0 Å². The van der Waals surface area contributed by atoms with E-state index in [1.807, 2.05) is 6.92 Å². The topological polar surface area (TPSA) is 74.8 Å². The van der Waals surface area contributed by atoms with E-state index in [0.29, 0.717) is 10.7 Å². The van der Waals surface area contributed by atoms with Crippen LogP contribution in [0.15, 0.2) is 18.2 Å². The zero-order valence-electron chi connectivity index (χ0n) is 12.5. The van der Waals surface area contributed by atoms with Crippen LogP contribution in [0.3, 0.4) is 0 Å². The first kappa shape index (κ1) is 18.0. The molecule has 1 aromatic carbocycles. The molecule has 1 saturated heterocycles. The van der Waals surface area contributed by atoms with Gasteiger partial charge in [0.25, 0.3) is 5.91 Å². The third-order valence-electron chi connectivity index (χ3n) is 3.38. The minimum absolute atomic E-state index is 0.156. The summed E-state index contributed by atoms with van der Waals surface area (Å²) in [6.45, 7) is 1.44. The maximum Gasteiger partial charge on any atom is 0.345 e. The van der Waals surface area contributed by atoms with Crippen molar-refractivity contribution in [2.45, 2.75) is 26.2 Å². The minimum atomic E-state index is -3.82. The van der Waals surface area contributed by atoms with Crippen LogP contribution in [0.1, 0.15) is 26.2 Å². The van der Waals surface area contributed by atoms with Crippen molar-refractivity contribution in [1.29, 1.82) is 0 Å². The zero-order chi connectivity index (χ0) is 17.2. The Morgan fingerprint density at radius 1 is 1.09 bits per heavy atom. The molecule has 1 aliphatic rings. The first-order chi connectivity index (χ1) is 10.8. The first-order valence-corrected chi connectivity index (χ1v) is 9.46. The number of hydrogen-bond acceptors (Lipinski definition) is 4. The molecular formula is C14H16Cl2N2O4S. The summed E-state index contributed by atoms with van der Waals surface area (Å²) < 4.78 is 25.1. The highest BCUT2D eigenvalue weighted by Crippen LogP contribution is 2.29. The van der Waals surface area contributed by atoms with Crippen molar-refractivity contribution >= 4 is 50.9 Å². The molecule has 0 radical (unpaired) electrons. The Hall–Kier alpha value is -1.31. The molecule has 0 spiro atoms. The second-order valence-corrected chi connectivity index (χ2v) is 8.05. The van der Waals surface area contributed by atoms with Gasteiger partial charge < -0.3 is 0 Å². The summed E-state index contributed by atoms with van der Waals surface area (Å²) in [5.41, 5.74) is 0.156. The highest BCUT2D eigenvalue weighted by Gasteiger charge is 2.43. The summed E-state index contributed by atoms with van der Waals surface area (Å²) in [7, 11) is -3.82. The SMILES string of the molecule is CCCCCS(=O)(=O)N1CC(=O)N(c2cc(Cl)cc(Cl)c2)C1=O. The lowest BCUT2D eigenvalue weighted by Crippen LogP contribution is -2.37. The molecule has 0 N–H and O–H groups in total. The van der Waals surface area contributed by atoms with Crippen LogP contribution in [0.25, 0.3) is 0 Å². The van der Waals surface area contributed by atoms with E-state index in [0.717, 1.165) is 17.7 Å². The van der Waals surface area contributed by atoms with Crippen molar-refractivity contribution in [3.05, 3.63) is 28.2 Å². The van der Waals surface area contributed by atoms with E-state index in [4.69, 9.17) is 23.2 Å². The highest BCUT2D eigenvalue weighted by molar-refractivity contribution is 7.89. The fourth-order valence-corrected chi connectivity index (χ4v) is 4.19. The Balaban J connectivity index is 2.26. The summed E-state index contributed by atoms with van der Waals surface area (Å²) in [5, 5.41) is 0.495. The lowest BCUT2D eigenvalue weighted by Gasteiger charge is -2.17. The van der Waals surface area contributed by atoms with Gasteiger partial charge >= 0.3 is 6.03 Å². The summed E-state index contributed by atoms with van der Waals surface area (Å²) in [5.74, 6) is -0.795. The van der Waals surface area contributed by atoms with E-state index < -0.39 is 28.5 Å². The molecule has 0 aliphatic carbocycles. The Morgan fingerprint density at radius 2 is 1.70 bits per heavy atom. The molecule has 1 aromatic rings. The summed E-state index contributed by atoms with van der Waals surface area (Å²) in [6.07, 6.45) is 2.04. The van der Waals surface area contributed by atoms with Crippen LogP contribution in [0, 0.1) is 0 Å². The van der Waals surface area contributed by atoms with Gasteiger partial charge in [0, 0.05) is 10.0 Å². The van der Waals surface area contributed by atoms with Gasteiger partial charge in [0.05, 0.1) is 11.4 Å². The normalized spacial score (nSPS) is 15.6. The molecule has 0 atom stereocenters. The standard InChI is InChI=1S/C14H16Cl2N2O4S/c1-2-3-4-5-23(21,22)17-9-13(19)18(14(17)20)12-7-10(15)6-11(16)8-12/h6-8H,2-5,9H2,1H3. The largest absolute Gasteiger partial charge is 0.345 e. The van der Waals surface area contributed by atoms with Gasteiger partial charge in [-0.2, -0.15) is 0 Å². The molecule has 0 bridgehead atoms. The summed E-state index contributed by atoms with van der Waals surface area (Å²) in [4.78, 5) is 25.3. The molecule has 0 unspecified atom stereocenters. The van der Waals surface area contributed by atoms with Gasteiger partial charge in [-0.1, -0.05) is 43.0 Å². The Labute approximate surface area is 145 Å². The maximum absolute atomic E-state index is 12.4. The Bertz CT molecular complexity index is 716. The van der Waals surface area contributed by atoms with Gasteiger partial charge in [-0.3, -0.25) is 4.79 Å². The van der Waals surface area contributed by atoms with E-state index in [-0.39, 0.29) is 21.5 Å². The second-order valence-electron chi connectivity index (χ2n) is 5.17. The Kier molecular flexibility index (Phi) is 5.54. The van der Waals surface area contributed by atoms with Crippen LogP contribution in [0.4, 0.5) is 10.5 Å². The molecule has 3 amide bonds. The lowest BCUT2D eigenvalue weighted by molar-refractivity contribution is -0.116. The van der Waals surface area contributed by atoms with Crippen molar-refractivity contribution in [2.75, 3.05) is 17.2 Å². The predicted octanol–water partition coefficient (Wildman–Crippen LogP) is 3.28. The van der Waals surface area contributed by atoms with Crippen LogP contribution in [0.2, 0.25) is 10.0 Å². The van der Waals surface area contributed by atoms with Crippen LogP contribution in [0.5, 0.6) is 0 Å². The fraction of sp³-hybridized carbons (Fsp3) is 0.429. The van der Waals surface area contributed by atoms with Crippen molar-refractivity contribution in [3.63, 3.8) is 0 Å².